The van der Waals surface area contributed by atoms with E-state index < -0.39 is 0 Å². The van der Waals surface area contributed by atoms with E-state index in [1.54, 1.807) is 0 Å². The summed E-state index contributed by atoms with van der Waals surface area (Å²) in [6, 6.07) is 16.4. The van der Waals surface area contributed by atoms with Crippen molar-refractivity contribution in [3.05, 3.63) is 59.8 Å². The predicted octanol–water partition coefficient (Wildman–Crippen LogP) is 1.90. The molecule has 4 heteroatoms. The van der Waals surface area contributed by atoms with Crippen molar-refractivity contribution in [2.45, 2.75) is 13.2 Å². The van der Waals surface area contributed by atoms with Crippen molar-refractivity contribution in [1.29, 1.82) is 0 Å². The lowest BCUT2D eigenvalue weighted by Gasteiger charge is -2.35. The number of piperazine rings is 1. The Balaban J connectivity index is 1.57. The van der Waals surface area contributed by atoms with Crippen LogP contribution in [0.2, 0.25) is 0 Å². The Morgan fingerprint density at radius 2 is 1.67 bits per heavy atom. The Kier molecular flexibility index (Phi) is 4.48. The molecule has 3 rings (SSSR count). The van der Waals surface area contributed by atoms with Gasteiger partial charge in [0.15, 0.2) is 0 Å². The second-order valence-corrected chi connectivity index (χ2v) is 5.39. The number of aromatic nitrogens is 1. The van der Waals surface area contributed by atoms with Gasteiger partial charge in [-0.1, -0.05) is 36.4 Å². The zero-order valence-corrected chi connectivity index (χ0v) is 12.2. The Labute approximate surface area is 125 Å². The van der Waals surface area contributed by atoms with Crippen LogP contribution in [0.1, 0.15) is 11.3 Å². The molecule has 21 heavy (non-hydrogen) atoms. The molecule has 0 atom stereocenters. The van der Waals surface area contributed by atoms with Crippen molar-refractivity contribution in [2.75, 3.05) is 31.1 Å². The first-order valence-corrected chi connectivity index (χ1v) is 7.43. The summed E-state index contributed by atoms with van der Waals surface area (Å²) < 4.78 is 0. The average molecular weight is 283 g/mol. The maximum atomic E-state index is 9.18. The quantitative estimate of drug-likeness (QED) is 0.930. The standard InChI is InChI=1S/C17H21N3O/c21-14-16-7-4-8-17(18-16)20-11-9-19(10-12-20)13-15-5-2-1-3-6-15/h1-8,21H,9-14H2. The molecule has 1 N–H and O–H groups in total. The van der Waals surface area contributed by atoms with Crippen LogP contribution in [0.5, 0.6) is 0 Å². The molecule has 0 unspecified atom stereocenters. The van der Waals surface area contributed by atoms with Gasteiger partial charge < -0.3 is 10.0 Å². The lowest BCUT2D eigenvalue weighted by atomic mass is 10.2. The highest BCUT2D eigenvalue weighted by Crippen LogP contribution is 2.15. The van der Waals surface area contributed by atoms with E-state index in [2.05, 4.69) is 45.1 Å². The van der Waals surface area contributed by atoms with Gasteiger partial charge in [-0.25, -0.2) is 4.98 Å². The average Bonchev–Trinajstić information content (AvgIpc) is 2.56. The third kappa shape index (κ3) is 3.60. The van der Waals surface area contributed by atoms with Gasteiger partial charge in [-0.3, -0.25) is 4.90 Å². The molecule has 2 aromatic rings. The molecule has 110 valence electrons. The molecule has 0 aliphatic carbocycles. The van der Waals surface area contributed by atoms with Gasteiger partial charge in [-0.15, -0.1) is 0 Å². The molecule has 1 aliphatic rings. The summed E-state index contributed by atoms with van der Waals surface area (Å²) in [5, 5.41) is 9.18. The highest BCUT2D eigenvalue weighted by molar-refractivity contribution is 5.39. The Morgan fingerprint density at radius 3 is 2.38 bits per heavy atom. The van der Waals surface area contributed by atoms with Crippen LogP contribution in [0, 0.1) is 0 Å². The monoisotopic (exact) mass is 283 g/mol. The molecule has 0 radical (unpaired) electrons. The normalized spacial score (nSPS) is 16.1. The van der Waals surface area contributed by atoms with Gasteiger partial charge in [0.25, 0.3) is 0 Å². The summed E-state index contributed by atoms with van der Waals surface area (Å²) >= 11 is 0. The van der Waals surface area contributed by atoms with Gasteiger partial charge in [-0.2, -0.15) is 0 Å². The van der Waals surface area contributed by atoms with Crippen LogP contribution in [0.15, 0.2) is 48.5 Å². The summed E-state index contributed by atoms with van der Waals surface area (Å²) in [6.45, 7) is 5.06. The third-order valence-corrected chi connectivity index (χ3v) is 3.90. The first-order chi connectivity index (χ1) is 10.3. The lowest BCUT2D eigenvalue weighted by Crippen LogP contribution is -2.46. The molecule has 0 amide bonds. The molecule has 4 nitrogen and oxygen atoms in total. The van der Waals surface area contributed by atoms with Gasteiger partial charge in [0.05, 0.1) is 12.3 Å². The fourth-order valence-corrected chi connectivity index (χ4v) is 2.71. The number of anilines is 1. The number of benzene rings is 1. The molecule has 1 fully saturated rings. The fourth-order valence-electron chi connectivity index (χ4n) is 2.71. The largest absolute Gasteiger partial charge is 0.390 e. The molecule has 2 heterocycles. The van der Waals surface area contributed by atoms with Crippen LogP contribution in [-0.2, 0) is 13.2 Å². The maximum Gasteiger partial charge on any atom is 0.128 e. The molecule has 0 spiro atoms. The maximum absolute atomic E-state index is 9.18. The number of rotatable bonds is 4. The van der Waals surface area contributed by atoms with Crippen molar-refractivity contribution in [2.24, 2.45) is 0 Å². The van der Waals surface area contributed by atoms with E-state index >= 15 is 0 Å². The van der Waals surface area contributed by atoms with Gasteiger partial charge in [-0.05, 0) is 17.7 Å². The summed E-state index contributed by atoms with van der Waals surface area (Å²) in [7, 11) is 0. The summed E-state index contributed by atoms with van der Waals surface area (Å²) in [6.07, 6.45) is 0. The lowest BCUT2D eigenvalue weighted by molar-refractivity contribution is 0.249. The van der Waals surface area contributed by atoms with E-state index in [1.165, 1.54) is 5.56 Å². The first-order valence-electron chi connectivity index (χ1n) is 7.43. The number of hydrogen-bond acceptors (Lipinski definition) is 4. The minimum absolute atomic E-state index is 0.00180. The van der Waals surface area contributed by atoms with Crippen molar-refractivity contribution in [1.82, 2.24) is 9.88 Å². The number of hydrogen-bond donors (Lipinski definition) is 1. The van der Waals surface area contributed by atoms with Crippen molar-refractivity contribution in [3.8, 4) is 0 Å². The fraction of sp³-hybridized carbons (Fsp3) is 0.353. The number of pyridine rings is 1. The van der Waals surface area contributed by atoms with E-state index in [9.17, 15) is 5.11 Å². The molecular weight excluding hydrogens is 262 g/mol. The zero-order chi connectivity index (χ0) is 14.5. The van der Waals surface area contributed by atoms with Crippen LogP contribution < -0.4 is 4.90 Å². The molecular formula is C17H21N3O. The topological polar surface area (TPSA) is 39.6 Å². The van der Waals surface area contributed by atoms with Gasteiger partial charge in [0.2, 0.25) is 0 Å². The summed E-state index contributed by atoms with van der Waals surface area (Å²) in [5.74, 6) is 0.973. The Hall–Kier alpha value is -1.91. The zero-order valence-electron chi connectivity index (χ0n) is 12.2. The predicted molar refractivity (Wildman–Crippen MR) is 84.1 cm³/mol. The number of nitrogens with zero attached hydrogens (tertiary/aromatic N) is 3. The summed E-state index contributed by atoms with van der Waals surface area (Å²) in [4.78, 5) is 9.25. The molecule has 1 aromatic carbocycles. The second kappa shape index (κ2) is 6.70. The van der Waals surface area contributed by atoms with Crippen molar-refractivity contribution in [3.63, 3.8) is 0 Å². The minimum Gasteiger partial charge on any atom is -0.390 e. The molecule has 1 aromatic heterocycles. The van der Waals surface area contributed by atoms with Crippen LogP contribution in [0.3, 0.4) is 0 Å². The smallest absolute Gasteiger partial charge is 0.128 e. The van der Waals surface area contributed by atoms with Crippen molar-refractivity contribution < 1.29 is 5.11 Å². The van der Waals surface area contributed by atoms with Crippen LogP contribution in [0.25, 0.3) is 0 Å². The molecule has 0 saturated carbocycles. The summed E-state index contributed by atoms with van der Waals surface area (Å²) in [5.41, 5.74) is 2.10. The number of aliphatic hydroxyl groups is 1. The number of aliphatic hydroxyl groups excluding tert-OH is 1. The van der Waals surface area contributed by atoms with E-state index in [-0.39, 0.29) is 6.61 Å². The molecule has 1 saturated heterocycles. The second-order valence-electron chi connectivity index (χ2n) is 5.39. The highest BCUT2D eigenvalue weighted by Gasteiger charge is 2.18. The van der Waals surface area contributed by atoms with Crippen LogP contribution in [0.4, 0.5) is 5.82 Å². The Bertz CT molecular complexity index is 565. The SMILES string of the molecule is OCc1cccc(N2CCN(Cc3ccccc3)CC2)n1. The van der Waals surface area contributed by atoms with Crippen LogP contribution >= 0.6 is 0 Å². The Morgan fingerprint density at radius 1 is 0.905 bits per heavy atom. The van der Waals surface area contributed by atoms with E-state index in [4.69, 9.17) is 0 Å². The highest BCUT2D eigenvalue weighted by atomic mass is 16.3. The van der Waals surface area contributed by atoms with Gasteiger partial charge in [0.1, 0.15) is 5.82 Å². The van der Waals surface area contributed by atoms with E-state index in [1.807, 2.05) is 18.2 Å². The van der Waals surface area contributed by atoms with E-state index in [0.29, 0.717) is 0 Å². The van der Waals surface area contributed by atoms with Crippen molar-refractivity contribution >= 4 is 5.82 Å². The van der Waals surface area contributed by atoms with Crippen LogP contribution in [-0.4, -0.2) is 41.2 Å². The third-order valence-electron chi connectivity index (χ3n) is 3.90. The van der Waals surface area contributed by atoms with E-state index in [0.717, 1.165) is 44.2 Å². The molecule has 0 bridgehead atoms. The first kappa shape index (κ1) is 14.0. The molecule has 1 aliphatic heterocycles. The minimum atomic E-state index is 0.00180. The van der Waals surface area contributed by atoms with Gasteiger partial charge in [0, 0.05) is 32.7 Å². The van der Waals surface area contributed by atoms with Gasteiger partial charge >= 0.3 is 0 Å².